The first-order valence-corrected chi connectivity index (χ1v) is 11.9. The number of nitrogens with two attached hydrogens (primary N) is 2. The van der Waals surface area contributed by atoms with E-state index >= 15 is 0 Å². The maximum atomic E-state index is 13.0. The van der Waals surface area contributed by atoms with E-state index in [0.717, 1.165) is 28.3 Å². The quantitative estimate of drug-likeness (QED) is 0.344. The molecule has 0 radical (unpaired) electrons. The van der Waals surface area contributed by atoms with Gasteiger partial charge in [0.1, 0.15) is 27.3 Å². The first kappa shape index (κ1) is 22.5. The molecule has 0 bridgehead atoms. The molecule has 1 aromatic carbocycles. The Morgan fingerprint density at radius 1 is 1.24 bits per heavy atom. The van der Waals surface area contributed by atoms with Gasteiger partial charge in [-0.25, -0.2) is 9.97 Å². The van der Waals surface area contributed by atoms with E-state index in [2.05, 4.69) is 21.4 Å². The van der Waals surface area contributed by atoms with Crippen LogP contribution in [0.5, 0.6) is 5.75 Å². The number of pyridine rings is 1. The average Bonchev–Trinajstić information content (AvgIpc) is 3.38. The summed E-state index contributed by atoms with van der Waals surface area (Å²) in [6.07, 6.45) is 0. The number of hydrogen-bond donors (Lipinski definition) is 3. The Bertz CT molecular complexity index is 1380. The normalized spacial score (nSPS) is 11.0. The van der Waals surface area contributed by atoms with Crippen LogP contribution >= 0.6 is 22.7 Å². The van der Waals surface area contributed by atoms with Crippen LogP contribution in [0.25, 0.3) is 21.5 Å². The van der Waals surface area contributed by atoms with Crippen LogP contribution < -0.4 is 21.5 Å². The van der Waals surface area contributed by atoms with Crippen molar-refractivity contribution in [3.63, 3.8) is 0 Å². The summed E-state index contributed by atoms with van der Waals surface area (Å²) in [5.41, 5.74) is 15.3. The third-order valence-corrected chi connectivity index (χ3v) is 6.88. The summed E-state index contributed by atoms with van der Waals surface area (Å²) < 4.78 is 5.47. The van der Waals surface area contributed by atoms with E-state index in [-0.39, 0.29) is 17.6 Å². The number of rotatable bonds is 6. The molecule has 168 valence electrons. The summed E-state index contributed by atoms with van der Waals surface area (Å²) in [5.74, 6) is 0.535. The molecule has 1 amide bonds. The number of carbonyl (C=O) groups is 1. The lowest BCUT2D eigenvalue weighted by Gasteiger charge is -2.12. The van der Waals surface area contributed by atoms with Gasteiger partial charge in [-0.2, -0.15) is 5.26 Å². The van der Waals surface area contributed by atoms with Crippen LogP contribution in [-0.4, -0.2) is 22.5 Å². The molecule has 3 heterocycles. The molecule has 0 saturated heterocycles. The Labute approximate surface area is 198 Å². The topological polar surface area (TPSA) is 140 Å². The molecule has 0 fully saturated rings. The Morgan fingerprint density at radius 3 is 2.61 bits per heavy atom. The Balaban J connectivity index is 1.63. The fourth-order valence-electron chi connectivity index (χ4n) is 3.57. The van der Waals surface area contributed by atoms with E-state index in [1.54, 1.807) is 0 Å². The summed E-state index contributed by atoms with van der Waals surface area (Å²) in [7, 11) is 0. The van der Waals surface area contributed by atoms with Crippen molar-refractivity contribution in [1.29, 1.82) is 5.26 Å². The minimum Gasteiger partial charge on any atom is -0.494 e. The molecule has 33 heavy (non-hydrogen) atoms. The third-order valence-electron chi connectivity index (χ3n) is 5.02. The second-order valence-electron chi connectivity index (χ2n) is 7.53. The van der Waals surface area contributed by atoms with Crippen LogP contribution in [0.2, 0.25) is 0 Å². The zero-order chi connectivity index (χ0) is 23.7. The molecule has 0 spiro atoms. The van der Waals surface area contributed by atoms with Gasteiger partial charge >= 0.3 is 0 Å². The van der Waals surface area contributed by atoms with Crippen molar-refractivity contribution in [2.75, 3.05) is 23.4 Å². The van der Waals surface area contributed by atoms with Crippen molar-refractivity contribution in [3.8, 4) is 23.1 Å². The lowest BCUT2D eigenvalue weighted by atomic mass is 9.95. The molecule has 4 rings (SSSR count). The third kappa shape index (κ3) is 4.20. The molecule has 0 aliphatic heterocycles. The molecule has 0 aliphatic carbocycles. The Morgan fingerprint density at radius 2 is 1.97 bits per heavy atom. The van der Waals surface area contributed by atoms with Gasteiger partial charge in [0.15, 0.2) is 5.13 Å². The number of nitrogen functional groups attached to an aromatic ring is 2. The number of amides is 1. The highest BCUT2D eigenvalue weighted by molar-refractivity contribution is 7.21. The zero-order valence-corrected chi connectivity index (χ0v) is 19.9. The van der Waals surface area contributed by atoms with Crippen LogP contribution in [-0.2, 0) is 0 Å². The van der Waals surface area contributed by atoms with Crippen molar-refractivity contribution >= 4 is 55.4 Å². The number of nitrogens with one attached hydrogen (secondary N) is 1. The minimum atomic E-state index is -0.380. The van der Waals surface area contributed by atoms with E-state index in [4.69, 9.17) is 16.2 Å². The molecule has 8 nitrogen and oxygen atoms in total. The maximum Gasteiger partial charge on any atom is 0.269 e. The molecular weight excluding hydrogens is 456 g/mol. The molecule has 0 aliphatic rings. The van der Waals surface area contributed by atoms with Crippen LogP contribution in [0.1, 0.15) is 47.5 Å². The molecule has 5 N–H and O–H groups in total. The predicted octanol–water partition coefficient (Wildman–Crippen LogP) is 5.23. The summed E-state index contributed by atoms with van der Waals surface area (Å²) in [6.45, 7) is 6.43. The van der Waals surface area contributed by atoms with Gasteiger partial charge in [0.25, 0.3) is 5.91 Å². The van der Waals surface area contributed by atoms with Gasteiger partial charge in [-0.05, 0) is 42.7 Å². The number of ether oxygens (including phenoxy) is 1. The molecule has 0 atom stereocenters. The van der Waals surface area contributed by atoms with Gasteiger partial charge in [-0.1, -0.05) is 13.8 Å². The van der Waals surface area contributed by atoms with Gasteiger partial charge < -0.3 is 16.2 Å². The number of thiophene rings is 1. The molecular formula is C23H22N6O2S2. The smallest absolute Gasteiger partial charge is 0.269 e. The average molecular weight is 479 g/mol. The highest BCUT2D eigenvalue weighted by atomic mass is 32.1. The molecule has 3 aromatic heterocycles. The number of benzene rings is 1. The molecule has 4 aromatic rings. The van der Waals surface area contributed by atoms with E-state index in [1.807, 2.05) is 50.4 Å². The number of fused-ring (bicyclic) bond motifs is 1. The van der Waals surface area contributed by atoms with Gasteiger partial charge in [0.2, 0.25) is 0 Å². The monoisotopic (exact) mass is 478 g/mol. The number of nitrogens with zero attached hydrogens (tertiary/aromatic N) is 3. The van der Waals surface area contributed by atoms with Crippen molar-refractivity contribution in [2.24, 2.45) is 0 Å². The van der Waals surface area contributed by atoms with Crippen molar-refractivity contribution < 1.29 is 9.53 Å². The second-order valence-corrected chi connectivity index (χ2v) is 9.38. The lowest BCUT2D eigenvalue weighted by molar-refractivity contribution is 0.103. The SMILES string of the molecule is CCOc1ccc(-c2csc(NC(=O)c3sc4nc(N)c(C#N)c(C(C)C)c4c3N)n2)cc1. The summed E-state index contributed by atoms with van der Waals surface area (Å²) in [5, 5.41) is 15.3. The summed E-state index contributed by atoms with van der Waals surface area (Å²) in [4.78, 5) is 22.7. The predicted molar refractivity (Wildman–Crippen MR) is 134 cm³/mol. The number of aromatic nitrogens is 2. The Hall–Kier alpha value is -3.68. The number of nitriles is 1. The van der Waals surface area contributed by atoms with Crippen molar-refractivity contribution in [1.82, 2.24) is 9.97 Å². The fraction of sp³-hybridized carbons (Fsp3) is 0.217. The number of carbonyl (C=O) groups excluding carboxylic acids is 1. The molecule has 0 saturated carbocycles. The van der Waals surface area contributed by atoms with Gasteiger partial charge in [0, 0.05) is 16.3 Å². The second kappa shape index (κ2) is 9.05. The van der Waals surface area contributed by atoms with Crippen LogP contribution in [0.3, 0.4) is 0 Å². The largest absolute Gasteiger partial charge is 0.494 e. The lowest BCUT2D eigenvalue weighted by Crippen LogP contribution is -2.12. The maximum absolute atomic E-state index is 13.0. The molecule has 0 unspecified atom stereocenters. The summed E-state index contributed by atoms with van der Waals surface area (Å²) >= 11 is 2.47. The number of anilines is 3. The van der Waals surface area contributed by atoms with Crippen molar-refractivity contribution in [3.05, 3.63) is 45.6 Å². The standard InChI is InChI=1S/C23H22N6O2S2/c1-4-31-13-7-5-12(6-8-13)15-10-32-23(27-15)29-21(30)19-18(25)17-16(11(2)3)14(9-24)20(26)28-22(17)33-19/h5-8,10-11H,4,25H2,1-3H3,(H2,26,28)(H,27,29,30). The van der Waals surface area contributed by atoms with Gasteiger partial charge in [0.05, 0.1) is 23.6 Å². The highest BCUT2D eigenvalue weighted by Crippen LogP contribution is 2.41. The van der Waals surface area contributed by atoms with E-state index in [1.165, 1.54) is 11.3 Å². The van der Waals surface area contributed by atoms with Crippen LogP contribution in [0, 0.1) is 11.3 Å². The fourth-order valence-corrected chi connectivity index (χ4v) is 5.30. The van der Waals surface area contributed by atoms with Gasteiger partial charge in [-0.3, -0.25) is 10.1 Å². The highest BCUT2D eigenvalue weighted by Gasteiger charge is 2.25. The number of hydrogen-bond acceptors (Lipinski definition) is 9. The van der Waals surface area contributed by atoms with E-state index in [0.29, 0.717) is 43.6 Å². The Kier molecular flexibility index (Phi) is 6.18. The summed E-state index contributed by atoms with van der Waals surface area (Å²) in [6, 6.07) is 9.73. The minimum absolute atomic E-state index is 0.0177. The zero-order valence-electron chi connectivity index (χ0n) is 18.3. The van der Waals surface area contributed by atoms with Crippen molar-refractivity contribution in [2.45, 2.75) is 26.7 Å². The van der Waals surface area contributed by atoms with Gasteiger partial charge in [-0.15, -0.1) is 22.7 Å². The first-order chi connectivity index (χ1) is 15.8. The number of thiazole rings is 1. The molecule has 10 heteroatoms. The van der Waals surface area contributed by atoms with Crippen LogP contribution in [0.4, 0.5) is 16.6 Å². The first-order valence-electron chi connectivity index (χ1n) is 10.3. The van der Waals surface area contributed by atoms with Crippen LogP contribution in [0.15, 0.2) is 29.6 Å². The van der Waals surface area contributed by atoms with E-state index < -0.39 is 0 Å². The van der Waals surface area contributed by atoms with E-state index in [9.17, 15) is 10.1 Å².